The van der Waals surface area contributed by atoms with Crippen LogP contribution in [0.25, 0.3) is 0 Å². The molecule has 0 aromatic heterocycles. The zero-order valence-electron chi connectivity index (χ0n) is 56.9. The van der Waals surface area contributed by atoms with Crippen molar-refractivity contribution in [1.29, 1.82) is 0 Å². The topological polar surface area (TPSA) is 237 Å². The molecule has 3 unspecified atom stereocenters. The Morgan fingerprint density at radius 2 is 0.545 bits per heavy atom. The highest BCUT2D eigenvalue weighted by molar-refractivity contribution is 7.47. The van der Waals surface area contributed by atoms with Gasteiger partial charge in [-0.05, 0) is 31.6 Å². The average Bonchev–Trinajstić information content (AvgIpc) is 3.60. The van der Waals surface area contributed by atoms with E-state index in [-0.39, 0.29) is 25.7 Å². The molecule has 17 nitrogen and oxygen atoms in total. The summed E-state index contributed by atoms with van der Waals surface area (Å²) in [6.45, 7) is 7.27. The summed E-state index contributed by atoms with van der Waals surface area (Å²) >= 11 is 0. The van der Waals surface area contributed by atoms with E-state index in [1.807, 2.05) is 0 Å². The summed E-state index contributed by atoms with van der Waals surface area (Å²) in [5.41, 5.74) is 0. The first-order valence-electron chi connectivity index (χ1n) is 36.2. The molecule has 0 aliphatic rings. The van der Waals surface area contributed by atoms with Gasteiger partial charge in [0.2, 0.25) is 0 Å². The third-order valence-electron chi connectivity index (χ3n) is 16.4. The van der Waals surface area contributed by atoms with E-state index in [9.17, 15) is 43.2 Å². The van der Waals surface area contributed by atoms with Crippen LogP contribution in [-0.2, 0) is 65.4 Å². The SMILES string of the molecule is CCCCCCCCCCCCCC(=O)OC[C@H](COP(=O)(O)OC[C@@H](O)COP(=O)(O)OC[C@@H](COC(=O)CCCCCCCCCCC)OC(=O)CCCCCCCCCCCC)OC(=O)CCCCCCCCCCCCCCCCC(C)CC. The molecule has 88 heavy (non-hydrogen) atoms. The van der Waals surface area contributed by atoms with Gasteiger partial charge in [0, 0.05) is 25.7 Å². The number of carbonyl (C=O) groups is 4. The van der Waals surface area contributed by atoms with E-state index < -0.39 is 97.5 Å². The van der Waals surface area contributed by atoms with Crippen molar-refractivity contribution in [2.24, 2.45) is 5.92 Å². The molecule has 6 atom stereocenters. The van der Waals surface area contributed by atoms with Gasteiger partial charge >= 0.3 is 39.5 Å². The number of hydrogen-bond acceptors (Lipinski definition) is 15. The third-order valence-corrected chi connectivity index (χ3v) is 18.3. The van der Waals surface area contributed by atoms with Crippen LogP contribution in [0, 0.1) is 5.92 Å². The lowest BCUT2D eigenvalue weighted by Gasteiger charge is -2.21. The molecular weight excluding hydrogens is 1160 g/mol. The van der Waals surface area contributed by atoms with Crippen LogP contribution in [0.2, 0.25) is 0 Å². The van der Waals surface area contributed by atoms with Crippen LogP contribution in [-0.4, -0.2) is 96.7 Å². The minimum atomic E-state index is -4.95. The average molecular weight is 1300 g/mol. The number of rotatable bonds is 69. The predicted molar refractivity (Wildman–Crippen MR) is 354 cm³/mol. The largest absolute Gasteiger partial charge is 0.472 e. The normalized spacial score (nSPS) is 14.4. The molecule has 0 aliphatic carbocycles. The highest BCUT2D eigenvalue weighted by Crippen LogP contribution is 2.45. The van der Waals surface area contributed by atoms with Crippen molar-refractivity contribution in [3.63, 3.8) is 0 Å². The molecule has 0 saturated heterocycles. The molecule has 0 saturated carbocycles. The van der Waals surface area contributed by atoms with Crippen molar-refractivity contribution in [3.8, 4) is 0 Å². The van der Waals surface area contributed by atoms with Crippen molar-refractivity contribution in [2.45, 2.75) is 374 Å². The monoisotopic (exact) mass is 1300 g/mol. The molecule has 0 aliphatic heterocycles. The first-order chi connectivity index (χ1) is 42.6. The molecule has 3 N–H and O–H groups in total. The van der Waals surface area contributed by atoms with Gasteiger partial charge in [-0.3, -0.25) is 37.3 Å². The predicted octanol–water partition coefficient (Wildman–Crippen LogP) is 19.7. The lowest BCUT2D eigenvalue weighted by molar-refractivity contribution is -0.161. The molecule has 0 rings (SSSR count). The van der Waals surface area contributed by atoms with Crippen LogP contribution in [0.5, 0.6) is 0 Å². The van der Waals surface area contributed by atoms with E-state index in [2.05, 4.69) is 34.6 Å². The Labute approximate surface area is 537 Å². The van der Waals surface area contributed by atoms with Gasteiger partial charge in [0.25, 0.3) is 0 Å². The second-order valence-corrected chi connectivity index (χ2v) is 28.1. The quantitative estimate of drug-likeness (QED) is 0.0222. The minimum Gasteiger partial charge on any atom is -0.462 e. The zero-order chi connectivity index (χ0) is 64.9. The van der Waals surface area contributed by atoms with Gasteiger partial charge in [0.05, 0.1) is 26.4 Å². The summed E-state index contributed by atoms with van der Waals surface area (Å²) in [7, 11) is -9.89. The fourth-order valence-electron chi connectivity index (χ4n) is 10.4. The lowest BCUT2D eigenvalue weighted by atomic mass is 9.99. The Kier molecular flexibility index (Phi) is 61.1. The zero-order valence-corrected chi connectivity index (χ0v) is 58.6. The minimum absolute atomic E-state index is 0.107. The molecule has 0 heterocycles. The van der Waals surface area contributed by atoms with Gasteiger partial charge in [0.1, 0.15) is 19.3 Å². The van der Waals surface area contributed by atoms with E-state index in [1.165, 1.54) is 180 Å². The Morgan fingerprint density at radius 1 is 0.318 bits per heavy atom. The van der Waals surface area contributed by atoms with Gasteiger partial charge < -0.3 is 33.8 Å². The van der Waals surface area contributed by atoms with Crippen molar-refractivity contribution in [3.05, 3.63) is 0 Å². The molecule has 0 radical (unpaired) electrons. The Bertz CT molecular complexity index is 1710. The Balaban J connectivity index is 5.20. The van der Waals surface area contributed by atoms with Crippen LogP contribution < -0.4 is 0 Å². The van der Waals surface area contributed by atoms with Crippen LogP contribution in [0.3, 0.4) is 0 Å². The molecular formula is C69H134O17P2. The molecule has 0 bridgehead atoms. The molecule has 0 aromatic carbocycles. The van der Waals surface area contributed by atoms with Crippen molar-refractivity contribution >= 4 is 39.5 Å². The molecule has 19 heteroatoms. The summed E-state index contributed by atoms with van der Waals surface area (Å²) in [6.07, 6.45) is 48.4. The van der Waals surface area contributed by atoms with Crippen LogP contribution in [0.1, 0.15) is 356 Å². The van der Waals surface area contributed by atoms with Crippen molar-refractivity contribution in [1.82, 2.24) is 0 Å². The maximum atomic E-state index is 13.0. The number of aliphatic hydroxyl groups excluding tert-OH is 1. The van der Waals surface area contributed by atoms with Crippen LogP contribution >= 0.6 is 15.6 Å². The van der Waals surface area contributed by atoms with Crippen LogP contribution in [0.15, 0.2) is 0 Å². The molecule has 522 valence electrons. The van der Waals surface area contributed by atoms with Crippen LogP contribution in [0.4, 0.5) is 0 Å². The Hall–Kier alpha value is -1.94. The third kappa shape index (κ3) is 61.6. The lowest BCUT2D eigenvalue weighted by Crippen LogP contribution is -2.30. The van der Waals surface area contributed by atoms with E-state index in [1.54, 1.807) is 0 Å². The maximum Gasteiger partial charge on any atom is 0.472 e. The smallest absolute Gasteiger partial charge is 0.462 e. The second kappa shape index (κ2) is 62.5. The fourth-order valence-corrected chi connectivity index (χ4v) is 12.0. The van der Waals surface area contributed by atoms with Gasteiger partial charge in [0.15, 0.2) is 12.2 Å². The number of ether oxygens (including phenoxy) is 4. The first kappa shape index (κ1) is 86.1. The Morgan fingerprint density at radius 3 is 0.807 bits per heavy atom. The number of aliphatic hydroxyl groups is 1. The van der Waals surface area contributed by atoms with Gasteiger partial charge in [-0.2, -0.15) is 0 Å². The van der Waals surface area contributed by atoms with E-state index >= 15 is 0 Å². The number of unbranched alkanes of at least 4 members (excludes halogenated alkanes) is 40. The second-order valence-electron chi connectivity index (χ2n) is 25.2. The maximum absolute atomic E-state index is 13.0. The van der Waals surface area contributed by atoms with Gasteiger partial charge in [-0.25, -0.2) is 9.13 Å². The van der Waals surface area contributed by atoms with Gasteiger partial charge in [-0.15, -0.1) is 0 Å². The summed E-state index contributed by atoms with van der Waals surface area (Å²) < 4.78 is 68.2. The molecule has 0 amide bonds. The summed E-state index contributed by atoms with van der Waals surface area (Å²) in [6, 6.07) is 0. The van der Waals surface area contributed by atoms with E-state index in [0.717, 1.165) is 95.8 Å². The molecule has 0 aromatic rings. The molecule has 0 fully saturated rings. The van der Waals surface area contributed by atoms with Gasteiger partial charge in [-0.1, -0.05) is 304 Å². The van der Waals surface area contributed by atoms with Crippen molar-refractivity contribution < 1.29 is 80.2 Å². The number of phosphoric ester groups is 2. The number of phosphoric acid groups is 2. The number of carbonyl (C=O) groups excluding carboxylic acids is 4. The first-order valence-corrected chi connectivity index (χ1v) is 39.2. The standard InChI is InChI=1S/C69H134O17P2/c1-6-10-13-16-19-22-28-34-38-43-48-53-67(72)80-59-65(86-69(74)55-50-45-40-35-30-27-25-24-26-29-32-36-41-46-51-62(5)9-4)61-84-88(77,78)82-57-63(70)56-81-87(75,76)83-60-64(58-79-66(71)52-47-42-37-31-21-18-15-12-8-3)85-68(73)54-49-44-39-33-23-20-17-14-11-7-2/h62-65,70H,6-61H2,1-5H3,(H,75,76)(H,77,78)/t62?,63-,64+,65+/m0/s1. The highest BCUT2D eigenvalue weighted by atomic mass is 31.2. The fraction of sp³-hybridized carbons (Fsp3) is 0.942. The number of esters is 4. The van der Waals surface area contributed by atoms with E-state index in [0.29, 0.717) is 25.7 Å². The summed E-state index contributed by atoms with van der Waals surface area (Å²) in [5.74, 6) is -1.28. The number of hydrogen-bond donors (Lipinski definition) is 3. The van der Waals surface area contributed by atoms with E-state index in [4.69, 9.17) is 37.0 Å². The molecule has 0 spiro atoms. The summed E-state index contributed by atoms with van der Waals surface area (Å²) in [4.78, 5) is 72.4. The summed E-state index contributed by atoms with van der Waals surface area (Å²) in [5, 5.41) is 10.6. The highest BCUT2D eigenvalue weighted by Gasteiger charge is 2.30. The van der Waals surface area contributed by atoms with Crippen molar-refractivity contribution in [2.75, 3.05) is 39.6 Å².